The van der Waals surface area contributed by atoms with Crippen LogP contribution in [0.3, 0.4) is 0 Å². The summed E-state index contributed by atoms with van der Waals surface area (Å²) in [5.74, 6) is 3.45. The molecule has 0 saturated carbocycles. The molecule has 6 aliphatic rings. The van der Waals surface area contributed by atoms with Gasteiger partial charge in [0.15, 0.2) is 0 Å². The van der Waals surface area contributed by atoms with Crippen LogP contribution in [0.1, 0.15) is 92.1 Å². The van der Waals surface area contributed by atoms with Crippen molar-refractivity contribution in [3.05, 3.63) is 509 Å². The molecule has 5 heteroatoms. The molecule has 20 aromatic carbocycles. The van der Waals surface area contributed by atoms with Crippen LogP contribution in [0.25, 0.3) is 171 Å². The molecular formula is C127H81N3O2. The summed E-state index contributed by atoms with van der Waals surface area (Å²) in [6, 6.07) is 165. The monoisotopic (exact) mass is 1680 g/mol. The number of hydrogen-bond donors (Lipinski definition) is 0. The summed E-state index contributed by atoms with van der Waals surface area (Å²) in [6.45, 7) is 4.77. The van der Waals surface area contributed by atoms with Gasteiger partial charge >= 0.3 is 0 Å². The van der Waals surface area contributed by atoms with Crippen molar-refractivity contribution < 1.29 is 9.47 Å². The smallest absolute Gasteiger partial charge is 0.132 e. The van der Waals surface area contributed by atoms with Crippen LogP contribution in [-0.2, 0) is 22.7 Å². The first-order valence-corrected chi connectivity index (χ1v) is 46.3. The van der Waals surface area contributed by atoms with Crippen LogP contribution in [0, 0.1) is 0 Å². The Kier molecular flexibility index (Phi) is 15.2. The molecule has 2 unspecified atom stereocenters. The normalized spacial score (nSPS) is 15.5. The molecule has 5 nitrogen and oxygen atoms in total. The van der Waals surface area contributed by atoms with Gasteiger partial charge in [0.25, 0.3) is 0 Å². The summed E-state index contributed by atoms with van der Waals surface area (Å²) in [5, 5.41) is 7.36. The van der Waals surface area contributed by atoms with Gasteiger partial charge in [-0.3, -0.25) is 0 Å². The molecule has 0 bridgehead atoms. The van der Waals surface area contributed by atoms with Gasteiger partial charge in [-0.2, -0.15) is 0 Å². The van der Waals surface area contributed by atoms with Crippen molar-refractivity contribution in [3.8, 4) is 129 Å². The molecule has 2 spiro atoms. The number of para-hydroxylation sites is 5. The summed E-state index contributed by atoms with van der Waals surface area (Å²) in [4.78, 5) is 0. The predicted molar refractivity (Wildman–Crippen MR) is 541 cm³/mol. The number of aromatic nitrogens is 3. The Morgan fingerprint density at radius 2 is 0.644 bits per heavy atom. The van der Waals surface area contributed by atoms with Crippen molar-refractivity contribution in [2.24, 2.45) is 0 Å². The van der Waals surface area contributed by atoms with Crippen LogP contribution in [0.2, 0.25) is 0 Å². The van der Waals surface area contributed by atoms with Crippen molar-refractivity contribution >= 4 is 65.4 Å². The van der Waals surface area contributed by atoms with Crippen molar-refractivity contribution in [1.29, 1.82) is 0 Å². The summed E-state index contributed by atoms with van der Waals surface area (Å²) in [6.07, 6.45) is 0.808. The molecule has 0 saturated heterocycles. The van der Waals surface area contributed by atoms with E-state index in [1.807, 2.05) is 0 Å². The first-order chi connectivity index (χ1) is 65.2. The van der Waals surface area contributed by atoms with Crippen LogP contribution in [-0.4, -0.2) is 13.7 Å². The molecule has 132 heavy (non-hydrogen) atoms. The molecule has 2 atom stereocenters. The van der Waals surface area contributed by atoms with Gasteiger partial charge in [-0.15, -0.1) is 0 Å². The highest BCUT2D eigenvalue weighted by atomic mass is 16.5. The van der Waals surface area contributed by atoms with E-state index in [1.54, 1.807) is 0 Å². The van der Waals surface area contributed by atoms with Crippen LogP contribution in [0.4, 0.5) is 0 Å². The van der Waals surface area contributed by atoms with Crippen LogP contribution >= 0.6 is 0 Å². The van der Waals surface area contributed by atoms with Gasteiger partial charge in [0, 0.05) is 88.5 Å². The van der Waals surface area contributed by atoms with Crippen molar-refractivity contribution in [3.63, 3.8) is 0 Å². The van der Waals surface area contributed by atoms with E-state index in [0.717, 1.165) is 85.4 Å². The molecule has 23 aromatic rings. The maximum absolute atomic E-state index is 7.42. The Bertz CT molecular complexity index is 8910. The number of fused-ring (bicyclic) bond motifs is 35. The lowest BCUT2D eigenvalue weighted by Gasteiger charge is -2.40. The molecule has 29 rings (SSSR count). The van der Waals surface area contributed by atoms with Crippen molar-refractivity contribution in [1.82, 2.24) is 13.7 Å². The van der Waals surface area contributed by atoms with Gasteiger partial charge in [-0.1, -0.05) is 329 Å². The molecule has 4 aliphatic carbocycles. The average Bonchev–Trinajstić information content (AvgIpc) is 1.50. The molecule has 0 N–H and O–H groups in total. The molecule has 0 radical (unpaired) electrons. The highest BCUT2D eigenvalue weighted by Gasteiger charge is 2.55. The standard InChI is InChI=1S/C127H81N3O2/c1-125(2)102-36-16-12-32-89(102)97-74-101-100-71-83(55-66-114(100)129(116(101)75-111(97)125)86-30-10-5-11-31-86)82-50-51-85-72-96(121-91(95(85)68-82)60-63-109-122(121)93-34-13-17-37-103(93)126(109)105-39-19-23-43-117(105)131-118-44-24-20-40-106(118)126)79-48-46-78(47-49-79)84-52-62-108-120(73-84)132-119-45-25-21-41-107(119)127(108)104-38-18-14-35-94(104)123-110(127)64-61-92-99-70-81(77-28-8-4-9-29-77)54-67-115(99)130(124(92)123)88-58-56-87(57-59-88)128-112-42-22-15-33-90(112)98-69-80(53-65-113(98)128)76-26-6-3-7-27-76/h3-71,73-75,96H,72H2,1-2H3. The maximum atomic E-state index is 7.42. The largest absolute Gasteiger partial charge is 0.457 e. The fourth-order valence-electron chi connectivity index (χ4n) is 25.1. The summed E-state index contributed by atoms with van der Waals surface area (Å²) < 4.78 is 21.8. The fraction of sp³-hybridized carbons (Fsp3) is 0.0551. The lowest BCUT2D eigenvalue weighted by molar-refractivity contribution is 0.436. The van der Waals surface area contributed by atoms with Gasteiger partial charge in [0.05, 0.1) is 43.9 Å². The Hall–Kier alpha value is -16.6. The Morgan fingerprint density at radius 1 is 0.227 bits per heavy atom. The number of ether oxygens (including phenoxy) is 2. The second-order valence-corrected chi connectivity index (χ2v) is 37.5. The topological polar surface area (TPSA) is 33.2 Å². The second-order valence-electron chi connectivity index (χ2n) is 37.5. The summed E-state index contributed by atoms with van der Waals surface area (Å²) >= 11 is 0. The van der Waals surface area contributed by atoms with E-state index in [2.05, 4.69) is 464 Å². The minimum absolute atomic E-state index is 0.0183. The quantitative estimate of drug-likeness (QED) is 0.152. The fourth-order valence-corrected chi connectivity index (χ4v) is 25.1. The van der Waals surface area contributed by atoms with Gasteiger partial charge in [-0.05, 0) is 261 Å². The molecule has 0 fully saturated rings. The van der Waals surface area contributed by atoms with Gasteiger partial charge in [0.1, 0.15) is 23.0 Å². The van der Waals surface area contributed by atoms with Gasteiger partial charge in [-0.25, -0.2) is 0 Å². The third-order valence-corrected chi connectivity index (χ3v) is 30.8. The zero-order valence-corrected chi connectivity index (χ0v) is 72.5. The molecular weight excluding hydrogens is 1600 g/mol. The molecule has 616 valence electrons. The van der Waals surface area contributed by atoms with Gasteiger partial charge in [0.2, 0.25) is 0 Å². The Morgan fingerprint density at radius 3 is 1.29 bits per heavy atom. The molecule has 3 aromatic heterocycles. The Balaban J connectivity index is 0.577. The number of rotatable bonds is 8. The zero-order valence-electron chi connectivity index (χ0n) is 72.5. The van der Waals surface area contributed by atoms with Crippen LogP contribution < -0.4 is 9.47 Å². The molecule has 5 heterocycles. The van der Waals surface area contributed by atoms with Gasteiger partial charge < -0.3 is 23.2 Å². The van der Waals surface area contributed by atoms with E-state index in [-0.39, 0.29) is 11.3 Å². The predicted octanol–water partition coefficient (Wildman–Crippen LogP) is 32.2. The maximum Gasteiger partial charge on any atom is 0.132 e. The van der Waals surface area contributed by atoms with E-state index in [1.165, 1.54) is 188 Å². The summed E-state index contributed by atoms with van der Waals surface area (Å²) in [5.41, 5.74) is 44.8. The first kappa shape index (κ1) is 73.4. The highest BCUT2D eigenvalue weighted by Crippen LogP contribution is 2.68. The van der Waals surface area contributed by atoms with Crippen LogP contribution in [0.15, 0.2) is 437 Å². The van der Waals surface area contributed by atoms with Crippen molar-refractivity contribution in [2.45, 2.75) is 42.4 Å². The number of hydrogen-bond acceptors (Lipinski definition) is 2. The van der Waals surface area contributed by atoms with E-state index in [0.29, 0.717) is 0 Å². The molecule has 0 amide bonds. The number of benzene rings is 20. The number of nitrogens with zero attached hydrogens (tertiary/aromatic N) is 3. The Labute approximate surface area is 763 Å². The van der Waals surface area contributed by atoms with E-state index in [4.69, 9.17) is 9.47 Å². The SMILES string of the molecule is CC1(C)c2ccccc2-c2cc3c4cc(-c5ccc6c(c5)-c5ccc7c(c5C(c5ccc(-c8ccc9c(c8)Oc8ccccc8C98c9ccccc9-c9c8ccc8c%10cc(-c%11ccccc%11)ccc%10n(-c%10ccc(-n%11c%12ccccc%12c%12cc(-c%13ccccc%13)ccc%12%11)cc%10)c98)cc5)C6)-c5ccccc5C75c6ccccc6Oc6ccccc65)ccc4n(-c4ccccc4)c3cc21. The van der Waals surface area contributed by atoms with E-state index < -0.39 is 10.8 Å². The highest BCUT2D eigenvalue weighted by molar-refractivity contribution is 6.18. The molecule has 2 aliphatic heterocycles. The lowest BCUT2D eigenvalue weighted by Crippen LogP contribution is -2.32. The zero-order chi connectivity index (χ0) is 86.6. The lowest BCUT2D eigenvalue weighted by atomic mass is 9.65. The third kappa shape index (κ3) is 9.95. The second kappa shape index (κ2) is 27.2. The summed E-state index contributed by atoms with van der Waals surface area (Å²) in [7, 11) is 0. The average molecular weight is 1680 g/mol. The minimum atomic E-state index is -0.759. The third-order valence-electron chi connectivity index (χ3n) is 30.8. The van der Waals surface area contributed by atoms with Crippen LogP contribution in [0.5, 0.6) is 23.0 Å². The van der Waals surface area contributed by atoms with Crippen molar-refractivity contribution in [2.75, 3.05) is 0 Å². The van der Waals surface area contributed by atoms with E-state index >= 15 is 0 Å². The van der Waals surface area contributed by atoms with E-state index in [9.17, 15) is 0 Å². The minimum Gasteiger partial charge on any atom is -0.457 e. The first-order valence-electron chi connectivity index (χ1n) is 46.3.